The summed E-state index contributed by atoms with van der Waals surface area (Å²) in [6.45, 7) is -1.39. The van der Waals surface area contributed by atoms with Crippen molar-refractivity contribution >= 4 is 5.97 Å². The van der Waals surface area contributed by atoms with E-state index in [2.05, 4.69) is 9.72 Å². The molecule has 2 rings (SSSR count). The van der Waals surface area contributed by atoms with E-state index in [4.69, 9.17) is 9.52 Å². The number of alkyl halides is 2. The van der Waals surface area contributed by atoms with Crippen molar-refractivity contribution in [3.63, 3.8) is 0 Å². The van der Waals surface area contributed by atoms with Crippen LogP contribution in [-0.2, 0) is 0 Å². The number of carboxylic acid groups (broad SMARTS) is 1. The van der Waals surface area contributed by atoms with Crippen LogP contribution in [0, 0.1) is 6.92 Å². The van der Waals surface area contributed by atoms with Gasteiger partial charge >= 0.3 is 12.6 Å². The lowest BCUT2D eigenvalue weighted by atomic mass is 10.2. The van der Waals surface area contributed by atoms with Crippen LogP contribution >= 0.6 is 0 Å². The second-order valence-electron chi connectivity index (χ2n) is 3.64. The number of benzene rings is 1. The van der Waals surface area contributed by atoms with Gasteiger partial charge in [0, 0.05) is 5.56 Å². The predicted octanol–water partition coefficient (Wildman–Crippen LogP) is 2.95. The molecule has 2 aromatic rings. The van der Waals surface area contributed by atoms with Gasteiger partial charge in [0.05, 0.1) is 5.69 Å². The Morgan fingerprint density at radius 1 is 1.37 bits per heavy atom. The molecule has 0 saturated carbocycles. The molecule has 0 aliphatic carbocycles. The molecule has 0 unspecified atom stereocenters. The smallest absolute Gasteiger partial charge is 0.387 e. The largest absolute Gasteiger partial charge is 0.475 e. The predicted molar refractivity (Wildman–Crippen MR) is 60.3 cm³/mol. The molecule has 0 bridgehead atoms. The molecular formula is C12H9F2NO4. The fraction of sp³-hybridized carbons (Fsp3) is 0.167. The van der Waals surface area contributed by atoms with E-state index in [1.807, 2.05) is 0 Å². The lowest BCUT2D eigenvalue weighted by molar-refractivity contribution is -0.0498. The molecule has 0 radical (unpaired) electrons. The Morgan fingerprint density at radius 2 is 2.00 bits per heavy atom. The van der Waals surface area contributed by atoms with Crippen LogP contribution in [0.5, 0.6) is 5.75 Å². The molecule has 0 spiro atoms. The van der Waals surface area contributed by atoms with Crippen molar-refractivity contribution < 1.29 is 27.8 Å². The zero-order chi connectivity index (χ0) is 14.0. The number of rotatable bonds is 4. The molecule has 1 aromatic carbocycles. The lowest BCUT2D eigenvalue weighted by Gasteiger charge is -2.03. The Hall–Kier alpha value is -2.44. The van der Waals surface area contributed by atoms with Crippen LogP contribution in [0.25, 0.3) is 11.5 Å². The van der Waals surface area contributed by atoms with E-state index in [-0.39, 0.29) is 23.1 Å². The zero-order valence-corrected chi connectivity index (χ0v) is 9.76. The number of hydrogen-bond donors (Lipinski definition) is 1. The Balaban J connectivity index is 2.27. The summed E-state index contributed by atoms with van der Waals surface area (Å²) in [6, 6.07) is 5.55. The number of ether oxygens (including phenoxy) is 1. The number of oxazole rings is 1. The first-order valence-corrected chi connectivity index (χ1v) is 5.23. The van der Waals surface area contributed by atoms with Crippen molar-refractivity contribution in [2.75, 3.05) is 0 Å². The lowest BCUT2D eigenvalue weighted by Crippen LogP contribution is -2.01. The molecule has 5 nitrogen and oxygen atoms in total. The Kier molecular flexibility index (Phi) is 3.46. The van der Waals surface area contributed by atoms with Crippen molar-refractivity contribution in [2.24, 2.45) is 0 Å². The molecule has 0 fully saturated rings. The van der Waals surface area contributed by atoms with E-state index in [0.717, 1.165) is 0 Å². The Bertz CT molecular complexity index is 592. The highest BCUT2D eigenvalue weighted by molar-refractivity contribution is 5.86. The quantitative estimate of drug-likeness (QED) is 0.923. The van der Waals surface area contributed by atoms with Gasteiger partial charge in [-0.25, -0.2) is 9.78 Å². The van der Waals surface area contributed by atoms with Gasteiger partial charge in [-0.2, -0.15) is 8.78 Å². The molecule has 100 valence electrons. The standard InChI is InChI=1S/C12H9F2NO4/c1-6-9(11(16)17)19-10(15-6)7-2-4-8(5-3-7)18-12(13)14/h2-5,12H,1H3,(H,16,17). The SMILES string of the molecule is Cc1nc(-c2ccc(OC(F)F)cc2)oc1C(=O)O. The number of nitrogens with zero attached hydrogens (tertiary/aromatic N) is 1. The van der Waals surface area contributed by atoms with Gasteiger partial charge in [-0.15, -0.1) is 0 Å². The third kappa shape index (κ3) is 2.87. The van der Waals surface area contributed by atoms with Gasteiger partial charge in [0.25, 0.3) is 0 Å². The summed E-state index contributed by atoms with van der Waals surface area (Å²) in [6.07, 6.45) is 0. The van der Waals surface area contributed by atoms with Crippen molar-refractivity contribution in [2.45, 2.75) is 13.5 Å². The van der Waals surface area contributed by atoms with E-state index in [1.165, 1.54) is 31.2 Å². The van der Waals surface area contributed by atoms with Crippen molar-refractivity contribution in [3.8, 4) is 17.2 Å². The van der Waals surface area contributed by atoms with Crippen LogP contribution in [0.2, 0.25) is 0 Å². The summed E-state index contributed by atoms with van der Waals surface area (Å²) < 4.78 is 33.2. The average molecular weight is 269 g/mol. The van der Waals surface area contributed by atoms with Crippen molar-refractivity contribution in [1.29, 1.82) is 0 Å². The summed E-state index contributed by atoms with van der Waals surface area (Å²) in [4.78, 5) is 14.8. The highest BCUT2D eigenvalue weighted by atomic mass is 19.3. The topological polar surface area (TPSA) is 72.6 Å². The minimum Gasteiger partial charge on any atom is -0.475 e. The number of halogens is 2. The number of carboxylic acids is 1. The minimum absolute atomic E-state index is 0.000450. The molecule has 19 heavy (non-hydrogen) atoms. The van der Waals surface area contributed by atoms with Crippen LogP contribution in [0.4, 0.5) is 8.78 Å². The molecule has 1 N–H and O–H groups in total. The van der Waals surface area contributed by atoms with Crippen LogP contribution < -0.4 is 4.74 Å². The molecule has 7 heteroatoms. The summed E-state index contributed by atoms with van der Waals surface area (Å²) in [5, 5.41) is 8.83. The molecule has 0 aliphatic heterocycles. The van der Waals surface area contributed by atoms with Gasteiger partial charge in [-0.3, -0.25) is 0 Å². The minimum atomic E-state index is -2.89. The van der Waals surface area contributed by atoms with Gasteiger partial charge in [-0.1, -0.05) is 0 Å². The zero-order valence-electron chi connectivity index (χ0n) is 9.76. The number of aromatic nitrogens is 1. The molecular weight excluding hydrogens is 260 g/mol. The first-order valence-electron chi connectivity index (χ1n) is 5.23. The van der Waals surface area contributed by atoms with Crippen LogP contribution in [0.3, 0.4) is 0 Å². The van der Waals surface area contributed by atoms with Gasteiger partial charge in [0.15, 0.2) is 0 Å². The summed E-state index contributed by atoms with van der Waals surface area (Å²) >= 11 is 0. The normalized spacial score (nSPS) is 10.7. The summed E-state index contributed by atoms with van der Waals surface area (Å²) in [5.74, 6) is -1.35. The van der Waals surface area contributed by atoms with E-state index in [0.29, 0.717) is 5.56 Å². The second kappa shape index (κ2) is 5.05. The monoisotopic (exact) mass is 269 g/mol. The number of hydrogen-bond acceptors (Lipinski definition) is 4. The first-order chi connectivity index (χ1) is 8.97. The van der Waals surface area contributed by atoms with Crippen LogP contribution in [0.1, 0.15) is 16.2 Å². The number of aromatic carboxylic acids is 1. The average Bonchev–Trinajstić information content (AvgIpc) is 2.71. The molecule has 0 saturated heterocycles. The fourth-order valence-corrected chi connectivity index (χ4v) is 1.50. The van der Waals surface area contributed by atoms with Crippen LogP contribution in [0.15, 0.2) is 28.7 Å². The van der Waals surface area contributed by atoms with E-state index < -0.39 is 12.6 Å². The Labute approximate surface area is 106 Å². The van der Waals surface area contributed by atoms with E-state index in [9.17, 15) is 13.6 Å². The van der Waals surface area contributed by atoms with E-state index in [1.54, 1.807) is 0 Å². The highest BCUT2D eigenvalue weighted by Gasteiger charge is 2.17. The van der Waals surface area contributed by atoms with Gasteiger partial charge in [0.1, 0.15) is 5.75 Å². The van der Waals surface area contributed by atoms with E-state index >= 15 is 0 Å². The van der Waals surface area contributed by atoms with Gasteiger partial charge in [0.2, 0.25) is 11.7 Å². The molecule has 1 heterocycles. The maximum absolute atomic E-state index is 12.0. The molecule has 0 atom stereocenters. The maximum Gasteiger partial charge on any atom is 0.387 e. The highest BCUT2D eigenvalue weighted by Crippen LogP contribution is 2.24. The maximum atomic E-state index is 12.0. The summed E-state index contributed by atoms with van der Waals surface area (Å²) in [5.41, 5.74) is 0.715. The summed E-state index contributed by atoms with van der Waals surface area (Å²) in [7, 11) is 0. The Morgan fingerprint density at radius 3 is 2.47 bits per heavy atom. The van der Waals surface area contributed by atoms with Gasteiger partial charge < -0.3 is 14.3 Å². The molecule has 0 aliphatic rings. The van der Waals surface area contributed by atoms with Crippen molar-refractivity contribution in [1.82, 2.24) is 4.98 Å². The molecule has 0 amide bonds. The fourth-order valence-electron chi connectivity index (χ4n) is 1.50. The van der Waals surface area contributed by atoms with Crippen LogP contribution in [-0.4, -0.2) is 22.7 Å². The van der Waals surface area contributed by atoms with Gasteiger partial charge in [-0.05, 0) is 31.2 Å². The second-order valence-corrected chi connectivity index (χ2v) is 3.64. The third-order valence-corrected chi connectivity index (χ3v) is 2.32. The number of carbonyl (C=O) groups is 1. The van der Waals surface area contributed by atoms with Crippen molar-refractivity contribution in [3.05, 3.63) is 35.7 Å². The number of aryl methyl sites for hydroxylation is 1. The molecule has 1 aromatic heterocycles. The third-order valence-electron chi connectivity index (χ3n) is 2.32. The first kappa shape index (κ1) is 13.0.